The van der Waals surface area contributed by atoms with Crippen LogP contribution in [0.2, 0.25) is 0 Å². The van der Waals surface area contributed by atoms with Crippen molar-refractivity contribution < 1.29 is 14.2 Å². The van der Waals surface area contributed by atoms with E-state index >= 15 is 0 Å². The van der Waals surface area contributed by atoms with E-state index in [1.54, 1.807) is 21.3 Å². The summed E-state index contributed by atoms with van der Waals surface area (Å²) in [7, 11) is 4.33. The molecule has 25 heavy (non-hydrogen) atoms. The first kappa shape index (κ1) is 17.3. The van der Waals surface area contributed by atoms with Gasteiger partial charge in [0, 0.05) is 0 Å². The third kappa shape index (κ3) is 3.94. The minimum absolute atomic E-state index is 0.752. The highest BCUT2D eigenvalue weighted by Gasteiger charge is 2.18. The largest absolute Gasteiger partial charge is 0.497 e. The second-order valence-electron chi connectivity index (χ2n) is 5.44. The predicted octanol–water partition coefficient (Wildman–Crippen LogP) is 3.47. The summed E-state index contributed by atoms with van der Waals surface area (Å²) in [5.41, 5.74) is 0. The molecule has 0 radical (unpaired) electrons. The van der Waals surface area contributed by atoms with E-state index in [4.69, 9.17) is 14.2 Å². The molecule has 0 N–H and O–H groups in total. The Balaban J connectivity index is 2.16. The van der Waals surface area contributed by atoms with Crippen LogP contribution >= 0.6 is 7.92 Å². The van der Waals surface area contributed by atoms with Gasteiger partial charge >= 0.3 is 0 Å². The standard InChI is InChI=1S/C21H21O3P/c1-22-16-7-4-10-19(13-16)25(20-11-5-8-17(14-20)23-2)21-12-6-9-18(15-21)24-3/h4-15H,1-3H3. The van der Waals surface area contributed by atoms with Gasteiger partial charge in [-0.3, -0.25) is 0 Å². The summed E-state index contributed by atoms with van der Waals surface area (Å²) >= 11 is 0. The summed E-state index contributed by atoms with van der Waals surface area (Å²) < 4.78 is 16.3. The Bertz CT molecular complexity index is 735. The van der Waals surface area contributed by atoms with Gasteiger partial charge in [0.25, 0.3) is 0 Å². The first-order chi connectivity index (χ1) is 12.2. The van der Waals surface area contributed by atoms with Crippen LogP contribution in [0, 0.1) is 0 Å². The Kier molecular flexibility index (Phi) is 5.57. The van der Waals surface area contributed by atoms with Crippen molar-refractivity contribution >= 4 is 23.8 Å². The molecule has 0 spiro atoms. The van der Waals surface area contributed by atoms with E-state index in [0.29, 0.717) is 0 Å². The van der Waals surface area contributed by atoms with Gasteiger partial charge in [0.1, 0.15) is 17.2 Å². The number of benzene rings is 3. The van der Waals surface area contributed by atoms with Crippen LogP contribution in [0.1, 0.15) is 0 Å². The van der Waals surface area contributed by atoms with Crippen LogP contribution < -0.4 is 30.1 Å². The van der Waals surface area contributed by atoms with E-state index in [1.807, 2.05) is 36.4 Å². The van der Waals surface area contributed by atoms with Crippen molar-refractivity contribution in [2.75, 3.05) is 21.3 Å². The third-order valence-corrected chi connectivity index (χ3v) is 6.32. The molecule has 128 valence electrons. The van der Waals surface area contributed by atoms with Crippen LogP contribution in [0.15, 0.2) is 72.8 Å². The SMILES string of the molecule is COc1cccc(P(c2cccc(OC)c2)c2cccc(OC)c2)c1. The van der Waals surface area contributed by atoms with Crippen LogP contribution in [0.3, 0.4) is 0 Å². The van der Waals surface area contributed by atoms with Gasteiger partial charge in [-0.25, -0.2) is 0 Å². The van der Waals surface area contributed by atoms with E-state index < -0.39 is 7.92 Å². The molecule has 0 aliphatic heterocycles. The first-order valence-corrected chi connectivity index (χ1v) is 9.31. The monoisotopic (exact) mass is 352 g/mol. The van der Waals surface area contributed by atoms with E-state index in [1.165, 1.54) is 15.9 Å². The molecule has 4 heteroatoms. The van der Waals surface area contributed by atoms with E-state index in [-0.39, 0.29) is 0 Å². The highest BCUT2D eigenvalue weighted by atomic mass is 31.1. The van der Waals surface area contributed by atoms with Gasteiger partial charge < -0.3 is 14.2 Å². The molecule has 0 amide bonds. The first-order valence-electron chi connectivity index (χ1n) is 7.97. The van der Waals surface area contributed by atoms with Gasteiger partial charge in [0.2, 0.25) is 0 Å². The van der Waals surface area contributed by atoms with Crippen molar-refractivity contribution in [1.29, 1.82) is 0 Å². The van der Waals surface area contributed by atoms with Crippen molar-refractivity contribution in [2.45, 2.75) is 0 Å². The summed E-state index contributed by atoms with van der Waals surface area (Å²) in [4.78, 5) is 0. The fourth-order valence-corrected chi connectivity index (χ4v) is 5.06. The number of methoxy groups -OCH3 is 3. The molecule has 0 atom stereocenters. The average molecular weight is 352 g/mol. The van der Waals surface area contributed by atoms with Crippen molar-refractivity contribution in [3.63, 3.8) is 0 Å². The maximum atomic E-state index is 5.43. The van der Waals surface area contributed by atoms with E-state index in [9.17, 15) is 0 Å². The van der Waals surface area contributed by atoms with Gasteiger partial charge in [-0.1, -0.05) is 36.4 Å². The molecule has 0 heterocycles. The zero-order chi connectivity index (χ0) is 17.6. The number of ether oxygens (including phenoxy) is 3. The molecule has 0 aliphatic rings. The minimum atomic E-state index is -0.752. The van der Waals surface area contributed by atoms with Crippen LogP contribution in [0.4, 0.5) is 0 Å². The number of hydrogen-bond donors (Lipinski definition) is 0. The summed E-state index contributed by atoms with van der Waals surface area (Å²) in [6, 6.07) is 24.7. The molecule has 0 saturated carbocycles. The van der Waals surface area contributed by atoms with Crippen LogP contribution in [-0.2, 0) is 0 Å². The van der Waals surface area contributed by atoms with Gasteiger partial charge in [-0.2, -0.15) is 0 Å². The normalized spacial score (nSPS) is 10.6. The lowest BCUT2D eigenvalue weighted by atomic mass is 10.3. The fraction of sp³-hybridized carbons (Fsp3) is 0.143. The van der Waals surface area contributed by atoms with E-state index in [0.717, 1.165) is 17.2 Å². The Labute approximate surface area is 149 Å². The van der Waals surface area contributed by atoms with Gasteiger partial charge in [0.15, 0.2) is 0 Å². The summed E-state index contributed by atoms with van der Waals surface area (Å²) in [6.45, 7) is 0. The lowest BCUT2D eigenvalue weighted by Crippen LogP contribution is -2.21. The lowest BCUT2D eigenvalue weighted by Gasteiger charge is -2.21. The highest BCUT2D eigenvalue weighted by Crippen LogP contribution is 2.35. The summed E-state index contributed by atoms with van der Waals surface area (Å²) in [5.74, 6) is 2.57. The molecule has 3 aromatic rings. The number of hydrogen-bond acceptors (Lipinski definition) is 3. The minimum Gasteiger partial charge on any atom is -0.497 e. The second-order valence-corrected chi connectivity index (χ2v) is 7.66. The molecule has 0 saturated heterocycles. The van der Waals surface area contributed by atoms with E-state index in [2.05, 4.69) is 36.4 Å². The molecule has 0 bridgehead atoms. The zero-order valence-corrected chi connectivity index (χ0v) is 15.5. The Morgan fingerprint density at radius 2 is 0.840 bits per heavy atom. The zero-order valence-electron chi connectivity index (χ0n) is 14.6. The molecule has 0 unspecified atom stereocenters. The lowest BCUT2D eigenvalue weighted by molar-refractivity contribution is 0.415. The molecule has 3 nitrogen and oxygen atoms in total. The van der Waals surface area contributed by atoms with Crippen LogP contribution in [-0.4, -0.2) is 21.3 Å². The van der Waals surface area contributed by atoms with Crippen LogP contribution in [0.25, 0.3) is 0 Å². The van der Waals surface area contributed by atoms with Gasteiger partial charge in [-0.15, -0.1) is 0 Å². The van der Waals surface area contributed by atoms with Crippen molar-refractivity contribution in [3.8, 4) is 17.2 Å². The maximum Gasteiger partial charge on any atom is 0.119 e. The maximum absolute atomic E-state index is 5.43. The Hall–Kier alpha value is -2.51. The van der Waals surface area contributed by atoms with Crippen molar-refractivity contribution in [2.24, 2.45) is 0 Å². The molecular weight excluding hydrogens is 331 g/mol. The van der Waals surface area contributed by atoms with Crippen molar-refractivity contribution in [3.05, 3.63) is 72.8 Å². The fourth-order valence-electron chi connectivity index (χ4n) is 2.70. The average Bonchev–Trinajstić information content (AvgIpc) is 2.68. The number of rotatable bonds is 6. The summed E-state index contributed by atoms with van der Waals surface area (Å²) in [6.07, 6.45) is 0. The second kappa shape index (κ2) is 8.04. The molecule has 3 rings (SSSR count). The van der Waals surface area contributed by atoms with Gasteiger partial charge in [0.05, 0.1) is 21.3 Å². The topological polar surface area (TPSA) is 27.7 Å². The highest BCUT2D eigenvalue weighted by molar-refractivity contribution is 7.79. The molecule has 3 aromatic carbocycles. The molecule has 0 aromatic heterocycles. The van der Waals surface area contributed by atoms with Crippen molar-refractivity contribution in [1.82, 2.24) is 0 Å². The Morgan fingerprint density at radius 1 is 0.520 bits per heavy atom. The molecular formula is C21H21O3P. The van der Waals surface area contributed by atoms with Crippen LogP contribution in [0.5, 0.6) is 17.2 Å². The van der Waals surface area contributed by atoms with Gasteiger partial charge in [-0.05, 0) is 60.2 Å². The molecule has 0 aliphatic carbocycles. The third-order valence-electron chi connectivity index (χ3n) is 3.93. The quantitative estimate of drug-likeness (QED) is 0.636. The Morgan fingerprint density at radius 3 is 1.12 bits per heavy atom. The molecule has 0 fully saturated rings. The smallest absolute Gasteiger partial charge is 0.119 e. The summed E-state index contributed by atoms with van der Waals surface area (Å²) in [5, 5.41) is 3.66. The predicted molar refractivity (Wildman–Crippen MR) is 105 cm³/mol.